The van der Waals surface area contributed by atoms with Gasteiger partial charge in [-0.2, -0.15) is 0 Å². The Balaban J connectivity index is 1.59. The van der Waals surface area contributed by atoms with Crippen molar-refractivity contribution in [1.82, 2.24) is 14.3 Å². The van der Waals surface area contributed by atoms with Gasteiger partial charge in [0.05, 0.1) is 12.7 Å². The van der Waals surface area contributed by atoms with E-state index in [-0.39, 0.29) is 29.7 Å². The molecule has 0 bridgehead atoms. The molecular formula is C20H19FN4O2. The molecule has 0 saturated heterocycles. The summed E-state index contributed by atoms with van der Waals surface area (Å²) in [6.45, 7) is 2.07. The van der Waals surface area contributed by atoms with Gasteiger partial charge in [0.2, 0.25) is 0 Å². The second-order valence-corrected chi connectivity index (χ2v) is 6.79. The lowest BCUT2D eigenvalue weighted by Gasteiger charge is -2.23. The van der Waals surface area contributed by atoms with Crippen LogP contribution in [0.5, 0.6) is 0 Å². The molecular weight excluding hydrogens is 347 g/mol. The fraction of sp³-hybridized carbons (Fsp3) is 0.250. The van der Waals surface area contributed by atoms with Crippen molar-refractivity contribution in [2.24, 2.45) is 0 Å². The third-order valence-corrected chi connectivity index (χ3v) is 4.65. The molecule has 0 atom stereocenters. The minimum atomic E-state index is -0.424. The summed E-state index contributed by atoms with van der Waals surface area (Å²) in [6.07, 6.45) is 4.74. The summed E-state index contributed by atoms with van der Waals surface area (Å²) in [7, 11) is 0. The van der Waals surface area contributed by atoms with Crippen molar-refractivity contribution in [2.75, 3.05) is 5.32 Å². The molecule has 138 valence electrons. The molecule has 0 unspecified atom stereocenters. The predicted molar refractivity (Wildman–Crippen MR) is 100 cm³/mol. The Morgan fingerprint density at radius 2 is 2.11 bits per heavy atom. The molecule has 7 heteroatoms. The average molecular weight is 366 g/mol. The van der Waals surface area contributed by atoms with E-state index < -0.39 is 6.03 Å². The zero-order valence-corrected chi connectivity index (χ0v) is 14.9. The van der Waals surface area contributed by atoms with E-state index in [0.717, 1.165) is 18.4 Å². The highest BCUT2D eigenvalue weighted by atomic mass is 19.1. The van der Waals surface area contributed by atoms with Gasteiger partial charge in [-0.3, -0.25) is 9.20 Å². The molecule has 2 aromatic heterocycles. The first-order chi connectivity index (χ1) is 13.0. The average Bonchev–Trinajstić information content (AvgIpc) is 3.48. The molecule has 0 aliphatic heterocycles. The maximum Gasteiger partial charge on any atom is 0.322 e. The van der Waals surface area contributed by atoms with Gasteiger partial charge in [0, 0.05) is 17.8 Å². The van der Waals surface area contributed by atoms with Gasteiger partial charge in [-0.1, -0.05) is 18.2 Å². The van der Waals surface area contributed by atoms with Gasteiger partial charge in [0.15, 0.2) is 0 Å². The van der Waals surface area contributed by atoms with Crippen LogP contribution in [0, 0.1) is 12.7 Å². The van der Waals surface area contributed by atoms with Crippen molar-refractivity contribution in [2.45, 2.75) is 32.4 Å². The minimum Gasteiger partial charge on any atom is -0.317 e. The molecule has 2 heterocycles. The Bertz CT molecular complexity index is 1080. The van der Waals surface area contributed by atoms with Crippen molar-refractivity contribution in [3.05, 3.63) is 76.1 Å². The molecule has 4 rings (SSSR count). The molecule has 1 fully saturated rings. The first kappa shape index (κ1) is 17.2. The zero-order valence-electron chi connectivity index (χ0n) is 14.9. The van der Waals surface area contributed by atoms with Crippen LogP contribution in [0.4, 0.5) is 14.9 Å². The van der Waals surface area contributed by atoms with Crippen LogP contribution in [-0.2, 0) is 6.54 Å². The van der Waals surface area contributed by atoms with Crippen LogP contribution >= 0.6 is 0 Å². The van der Waals surface area contributed by atoms with E-state index in [4.69, 9.17) is 0 Å². The van der Waals surface area contributed by atoms with Gasteiger partial charge in [0.25, 0.3) is 5.56 Å². The first-order valence-electron chi connectivity index (χ1n) is 8.82. The molecule has 6 nitrogen and oxygen atoms in total. The molecule has 0 spiro atoms. The standard InChI is InChI=1S/C20H19FN4O2/c1-13-8-9-24-18(10-13)22-11-17(19(24)26)23-20(27)25(15-6-7-15)12-14-4-2-3-5-16(14)21/h2-5,8-11,15H,6-7,12H2,1H3,(H,23,27). The van der Waals surface area contributed by atoms with E-state index in [9.17, 15) is 14.0 Å². The maximum atomic E-state index is 14.0. The number of pyridine rings is 1. The Morgan fingerprint density at radius 1 is 1.33 bits per heavy atom. The number of carbonyl (C=O) groups excluding carboxylic acids is 1. The van der Waals surface area contributed by atoms with Gasteiger partial charge >= 0.3 is 6.03 Å². The van der Waals surface area contributed by atoms with Gasteiger partial charge in [0.1, 0.15) is 17.2 Å². The smallest absolute Gasteiger partial charge is 0.317 e. The largest absolute Gasteiger partial charge is 0.322 e. The van der Waals surface area contributed by atoms with Crippen LogP contribution in [0.1, 0.15) is 24.0 Å². The highest BCUT2D eigenvalue weighted by Gasteiger charge is 2.33. The van der Waals surface area contributed by atoms with E-state index in [1.807, 2.05) is 6.92 Å². The summed E-state index contributed by atoms with van der Waals surface area (Å²) in [6, 6.07) is 9.62. The quantitative estimate of drug-likeness (QED) is 0.770. The van der Waals surface area contributed by atoms with E-state index in [1.54, 1.807) is 41.4 Å². The summed E-state index contributed by atoms with van der Waals surface area (Å²) in [5.74, 6) is -0.348. The zero-order chi connectivity index (χ0) is 19.0. The summed E-state index contributed by atoms with van der Waals surface area (Å²) in [5, 5.41) is 2.65. The topological polar surface area (TPSA) is 66.7 Å². The number of nitrogens with one attached hydrogen (secondary N) is 1. The molecule has 27 heavy (non-hydrogen) atoms. The number of aryl methyl sites for hydroxylation is 1. The van der Waals surface area contributed by atoms with Crippen LogP contribution in [0.3, 0.4) is 0 Å². The van der Waals surface area contributed by atoms with Gasteiger partial charge in [-0.05, 0) is 43.5 Å². The van der Waals surface area contributed by atoms with Crippen molar-refractivity contribution in [3.8, 4) is 0 Å². The van der Waals surface area contributed by atoms with Gasteiger partial charge in [-0.25, -0.2) is 14.2 Å². The number of rotatable bonds is 4. The number of urea groups is 1. The normalized spacial score (nSPS) is 13.6. The molecule has 1 aromatic carbocycles. The third-order valence-electron chi connectivity index (χ3n) is 4.65. The number of fused-ring (bicyclic) bond motifs is 1. The Kier molecular flexibility index (Phi) is 4.35. The number of benzene rings is 1. The minimum absolute atomic E-state index is 0.0587. The highest BCUT2D eigenvalue weighted by molar-refractivity contribution is 5.89. The fourth-order valence-corrected chi connectivity index (χ4v) is 3.01. The van der Waals surface area contributed by atoms with Crippen LogP contribution < -0.4 is 10.9 Å². The van der Waals surface area contributed by atoms with E-state index in [0.29, 0.717) is 11.2 Å². The molecule has 0 radical (unpaired) electrons. The number of hydrogen-bond acceptors (Lipinski definition) is 3. The third kappa shape index (κ3) is 3.53. The number of hydrogen-bond donors (Lipinski definition) is 1. The summed E-state index contributed by atoms with van der Waals surface area (Å²) in [4.78, 5) is 31.2. The molecule has 3 aromatic rings. The summed E-state index contributed by atoms with van der Waals surface area (Å²) < 4.78 is 15.4. The second kappa shape index (κ2) is 6.83. The number of carbonyl (C=O) groups is 1. The second-order valence-electron chi connectivity index (χ2n) is 6.79. The summed E-state index contributed by atoms with van der Waals surface area (Å²) in [5.41, 5.74) is 1.70. The van der Waals surface area contributed by atoms with Crippen LogP contribution in [0.15, 0.2) is 53.6 Å². The number of nitrogens with zero attached hydrogens (tertiary/aromatic N) is 3. The lowest BCUT2D eigenvalue weighted by Crippen LogP contribution is -2.38. The van der Waals surface area contributed by atoms with Gasteiger partial charge < -0.3 is 10.2 Å². The number of aromatic nitrogens is 2. The molecule has 2 amide bonds. The maximum absolute atomic E-state index is 14.0. The lowest BCUT2D eigenvalue weighted by molar-refractivity contribution is 0.205. The SMILES string of the molecule is Cc1ccn2c(=O)c(NC(=O)N(Cc3ccccc3F)C3CC3)cnc2c1. The molecule has 1 aliphatic carbocycles. The Morgan fingerprint density at radius 3 is 2.85 bits per heavy atom. The molecule has 1 N–H and O–H groups in total. The Hall–Kier alpha value is -3.22. The van der Waals surface area contributed by atoms with E-state index in [2.05, 4.69) is 10.3 Å². The lowest BCUT2D eigenvalue weighted by atomic mass is 10.2. The van der Waals surface area contributed by atoms with Crippen LogP contribution in [0.25, 0.3) is 5.65 Å². The van der Waals surface area contributed by atoms with Crippen molar-refractivity contribution >= 4 is 17.4 Å². The van der Waals surface area contributed by atoms with Crippen molar-refractivity contribution in [3.63, 3.8) is 0 Å². The van der Waals surface area contributed by atoms with Crippen molar-refractivity contribution in [1.29, 1.82) is 0 Å². The molecule has 1 saturated carbocycles. The van der Waals surface area contributed by atoms with E-state index in [1.165, 1.54) is 16.7 Å². The first-order valence-corrected chi connectivity index (χ1v) is 8.82. The highest BCUT2D eigenvalue weighted by Crippen LogP contribution is 2.29. The van der Waals surface area contributed by atoms with Crippen LogP contribution in [0.2, 0.25) is 0 Å². The number of amides is 2. The Labute approximate surface area is 155 Å². The molecule has 1 aliphatic rings. The van der Waals surface area contributed by atoms with Crippen molar-refractivity contribution < 1.29 is 9.18 Å². The number of anilines is 1. The predicted octanol–water partition coefficient (Wildman–Crippen LogP) is 3.34. The van der Waals surface area contributed by atoms with E-state index >= 15 is 0 Å². The van der Waals surface area contributed by atoms with Gasteiger partial charge in [-0.15, -0.1) is 0 Å². The fourth-order valence-electron chi connectivity index (χ4n) is 3.01. The number of halogens is 1. The van der Waals surface area contributed by atoms with Crippen LogP contribution in [-0.4, -0.2) is 26.4 Å². The summed E-state index contributed by atoms with van der Waals surface area (Å²) >= 11 is 0. The monoisotopic (exact) mass is 366 g/mol.